The van der Waals surface area contributed by atoms with Gasteiger partial charge in [-0.3, -0.25) is 4.70 Å². The predicted octanol–water partition coefficient (Wildman–Crippen LogP) is -6.44. The summed E-state index contributed by atoms with van der Waals surface area (Å²) < 4.78 is 0. The van der Waals surface area contributed by atoms with Crippen LogP contribution in [0.1, 0.15) is 2.85 Å². The summed E-state index contributed by atoms with van der Waals surface area (Å²) in [4.78, 5) is 0. The van der Waals surface area contributed by atoms with Crippen molar-refractivity contribution in [3.05, 3.63) is 0 Å². The molecule has 0 bridgehead atoms. The van der Waals surface area contributed by atoms with Crippen molar-refractivity contribution in [3.8, 4) is 0 Å². The van der Waals surface area contributed by atoms with Gasteiger partial charge in [-0.25, -0.2) is 0 Å². The Morgan fingerprint density at radius 2 is 1.00 bits per heavy atom. The minimum Gasteiger partial charge on any atom is -1.00 e. The molecule has 0 spiro atoms. The summed E-state index contributed by atoms with van der Waals surface area (Å²) in [6, 6.07) is 0. The molecule has 0 heterocycles. The Kier molecular flexibility index (Phi) is 204. The van der Waals surface area contributed by atoms with Gasteiger partial charge in [-0.2, -0.15) is 0 Å². The van der Waals surface area contributed by atoms with Crippen LogP contribution in [-0.4, -0.2) is 5.48 Å². The van der Waals surface area contributed by atoms with E-state index >= 15 is 0 Å². The average molecular weight is 86.0 g/mol. The van der Waals surface area contributed by atoms with Crippen LogP contribution in [0.4, 0.5) is 4.70 Å². The fourth-order valence-corrected chi connectivity index (χ4v) is 0. The normalized spacial score (nSPS) is 0. The quantitative estimate of drug-likeness (QED) is 0.262. The van der Waals surface area contributed by atoms with Gasteiger partial charge >= 0.3 is 59.1 Å². The Labute approximate surface area is 71.4 Å². The molecule has 0 amide bonds. The molecule has 0 aliphatic heterocycles. The first-order valence-electron chi connectivity index (χ1n) is 0. The molecule has 0 atom stereocenters. The molecule has 4 heavy (non-hydrogen) atoms. The molecule has 0 fully saturated rings. The summed E-state index contributed by atoms with van der Waals surface area (Å²) in [5.74, 6) is 0. The molecule has 4 heteroatoms. The molecule has 0 aliphatic carbocycles. The Morgan fingerprint density at radius 3 is 1.00 bits per heavy atom. The number of hydrogen-bond donors (Lipinski definition) is 0. The molecule has 0 aromatic carbocycles. The second kappa shape index (κ2) is 20.7. The van der Waals surface area contributed by atoms with E-state index in [4.69, 9.17) is 0 Å². The van der Waals surface area contributed by atoms with Gasteiger partial charge in [-0.15, -0.1) is 0 Å². The standard InChI is InChI=1S/FH.2Na.H2O.2H/h1H;;;1H2;;/q;2*+1;;2*-1. The van der Waals surface area contributed by atoms with Crippen LogP contribution in [0.2, 0.25) is 0 Å². The van der Waals surface area contributed by atoms with E-state index in [1.807, 2.05) is 0 Å². The summed E-state index contributed by atoms with van der Waals surface area (Å²) in [6.07, 6.45) is 0. The third kappa shape index (κ3) is 9.10. The van der Waals surface area contributed by atoms with Crippen molar-refractivity contribution >= 4 is 0 Å². The maximum Gasteiger partial charge on any atom is 1.00 e. The fraction of sp³-hybridized carbons (Fsp3) is 0. The van der Waals surface area contributed by atoms with Gasteiger partial charge < -0.3 is 8.33 Å². The number of hydrogen-bond acceptors (Lipinski definition) is 0. The van der Waals surface area contributed by atoms with Crippen LogP contribution in [0, 0.1) is 0 Å². The first kappa shape index (κ1) is 39.4. The van der Waals surface area contributed by atoms with Crippen LogP contribution >= 0.6 is 0 Å². The molecule has 0 aromatic heterocycles. The van der Waals surface area contributed by atoms with Crippen LogP contribution in [0.15, 0.2) is 0 Å². The molecule has 1 nitrogen and oxygen atoms in total. The molecule has 0 radical (unpaired) electrons. The molecular formula is H5FNa2O. The third-order valence-corrected chi connectivity index (χ3v) is 0. The molecule has 20 valence electrons. The summed E-state index contributed by atoms with van der Waals surface area (Å²) in [6.45, 7) is 0. The van der Waals surface area contributed by atoms with Crippen molar-refractivity contribution in [1.29, 1.82) is 0 Å². The molecule has 0 saturated carbocycles. The zero-order valence-electron chi connectivity index (χ0n) is 4.91. The van der Waals surface area contributed by atoms with Crippen molar-refractivity contribution in [2.75, 3.05) is 0 Å². The van der Waals surface area contributed by atoms with E-state index < -0.39 is 0 Å². The average Bonchev–Trinajstić information content (AvgIpc) is 0. The zero-order valence-corrected chi connectivity index (χ0v) is 6.91. The maximum atomic E-state index is 0. The van der Waals surface area contributed by atoms with E-state index in [0.717, 1.165) is 0 Å². The molecule has 0 unspecified atom stereocenters. The summed E-state index contributed by atoms with van der Waals surface area (Å²) >= 11 is 0. The van der Waals surface area contributed by atoms with Gasteiger partial charge in [0, 0.05) is 0 Å². The van der Waals surface area contributed by atoms with Crippen LogP contribution < -0.4 is 59.1 Å². The number of halogens is 1. The maximum absolute atomic E-state index is 0. The van der Waals surface area contributed by atoms with E-state index in [0.29, 0.717) is 0 Å². The Hall–Kier alpha value is 1.89. The Bertz CT molecular complexity index is 11.5. The molecule has 0 saturated heterocycles. The van der Waals surface area contributed by atoms with Gasteiger partial charge in [0.05, 0.1) is 0 Å². The van der Waals surface area contributed by atoms with Gasteiger partial charge in [0.2, 0.25) is 0 Å². The van der Waals surface area contributed by atoms with Crippen molar-refractivity contribution in [1.82, 2.24) is 0 Å². The SMILES string of the molecule is F.O.[H-].[H-].[Na+].[Na+]. The third-order valence-electron chi connectivity index (χ3n) is 0. The number of rotatable bonds is 0. The predicted molar refractivity (Wildman–Crippen MR) is 8.34 cm³/mol. The van der Waals surface area contributed by atoms with Crippen LogP contribution in [-0.2, 0) is 0 Å². The van der Waals surface area contributed by atoms with Crippen LogP contribution in [0.3, 0.4) is 0 Å². The van der Waals surface area contributed by atoms with Gasteiger partial charge in [0.1, 0.15) is 0 Å². The van der Waals surface area contributed by atoms with Gasteiger partial charge in [-0.1, -0.05) is 0 Å². The first-order valence-corrected chi connectivity index (χ1v) is 0. The van der Waals surface area contributed by atoms with Crippen molar-refractivity contribution in [2.24, 2.45) is 0 Å². The van der Waals surface area contributed by atoms with E-state index in [1.54, 1.807) is 0 Å². The smallest absolute Gasteiger partial charge is 1.00 e. The van der Waals surface area contributed by atoms with E-state index in [-0.39, 0.29) is 72.1 Å². The van der Waals surface area contributed by atoms with E-state index in [2.05, 4.69) is 0 Å². The van der Waals surface area contributed by atoms with Gasteiger partial charge in [0.25, 0.3) is 0 Å². The Morgan fingerprint density at radius 1 is 1.00 bits per heavy atom. The van der Waals surface area contributed by atoms with Crippen molar-refractivity contribution < 1.29 is 72.1 Å². The van der Waals surface area contributed by atoms with Gasteiger partial charge in [0.15, 0.2) is 0 Å². The van der Waals surface area contributed by atoms with Crippen molar-refractivity contribution in [3.63, 3.8) is 0 Å². The molecule has 0 aliphatic rings. The molecule has 0 aromatic rings. The fourth-order valence-electron chi connectivity index (χ4n) is 0. The monoisotopic (exact) mass is 86.0 g/mol. The molecular weight excluding hydrogens is 81.0 g/mol. The summed E-state index contributed by atoms with van der Waals surface area (Å²) in [5.41, 5.74) is 0. The van der Waals surface area contributed by atoms with E-state index in [1.165, 1.54) is 0 Å². The zero-order chi connectivity index (χ0) is 0. The Balaban J connectivity index is 0. The topological polar surface area (TPSA) is 31.5 Å². The first-order chi connectivity index (χ1) is 0. The van der Waals surface area contributed by atoms with Crippen LogP contribution in [0.5, 0.6) is 0 Å². The molecule has 0 rings (SSSR count). The summed E-state index contributed by atoms with van der Waals surface area (Å²) in [7, 11) is 0. The summed E-state index contributed by atoms with van der Waals surface area (Å²) in [5, 5.41) is 0. The minimum atomic E-state index is 0. The van der Waals surface area contributed by atoms with Crippen LogP contribution in [0.25, 0.3) is 0 Å². The second-order valence-corrected chi connectivity index (χ2v) is 0. The van der Waals surface area contributed by atoms with Gasteiger partial charge in [-0.05, 0) is 0 Å². The van der Waals surface area contributed by atoms with E-state index in [9.17, 15) is 0 Å². The minimum absolute atomic E-state index is 0. The van der Waals surface area contributed by atoms with Crippen molar-refractivity contribution in [2.45, 2.75) is 0 Å². The largest absolute Gasteiger partial charge is 1.00 e. The molecule has 2 N–H and O–H groups in total. The second-order valence-electron chi connectivity index (χ2n) is 0.